The van der Waals surface area contributed by atoms with Crippen molar-refractivity contribution in [2.45, 2.75) is 6.42 Å². The molecule has 0 bridgehead atoms. The normalized spacial score (nSPS) is 12.5. The number of ether oxygens (including phenoxy) is 2. The maximum absolute atomic E-state index is 12.1. The molecule has 0 unspecified atom stereocenters. The molecular weight excluding hydrogens is 433 g/mol. The van der Waals surface area contributed by atoms with Crippen molar-refractivity contribution in [3.63, 3.8) is 0 Å². The first-order chi connectivity index (χ1) is 14.4. The van der Waals surface area contributed by atoms with Gasteiger partial charge in [0.05, 0.1) is 36.9 Å². The zero-order chi connectivity index (χ0) is 21.5. The van der Waals surface area contributed by atoms with Crippen LogP contribution in [0.1, 0.15) is 16.8 Å². The molecule has 0 aliphatic carbocycles. The first-order valence-electron chi connectivity index (χ1n) is 9.12. The van der Waals surface area contributed by atoms with Gasteiger partial charge in [0.2, 0.25) is 11.8 Å². The topological polar surface area (TPSA) is 106 Å². The van der Waals surface area contributed by atoms with E-state index < -0.39 is 17.7 Å². The second-order valence-electron chi connectivity index (χ2n) is 6.34. The number of halogens is 2. The Balaban J connectivity index is 1.44. The molecule has 8 nitrogen and oxygen atoms in total. The van der Waals surface area contributed by atoms with E-state index in [2.05, 4.69) is 16.0 Å². The highest BCUT2D eigenvalue weighted by Gasteiger charge is 2.14. The van der Waals surface area contributed by atoms with E-state index in [1.807, 2.05) is 0 Å². The second kappa shape index (κ2) is 10.2. The number of rotatable bonds is 6. The molecule has 10 heteroatoms. The number of anilines is 1. The molecule has 0 atom stereocenters. The Morgan fingerprint density at radius 1 is 0.867 bits per heavy atom. The molecule has 0 radical (unpaired) electrons. The summed E-state index contributed by atoms with van der Waals surface area (Å²) >= 11 is 11.7. The average molecular weight is 452 g/mol. The van der Waals surface area contributed by atoms with Crippen molar-refractivity contribution in [1.29, 1.82) is 0 Å². The van der Waals surface area contributed by atoms with Gasteiger partial charge >= 0.3 is 0 Å². The van der Waals surface area contributed by atoms with Gasteiger partial charge in [0.15, 0.2) is 11.5 Å². The molecule has 3 amide bonds. The van der Waals surface area contributed by atoms with Gasteiger partial charge in [-0.1, -0.05) is 23.2 Å². The van der Waals surface area contributed by atoms with E-state index in [0.717, 1.165) is 6.42 Å². The third kappa shape index (κ3) is 6.01. The minimum absolute atomic E-state index is 0.176. The van der Waals surface area contributed by atoms with Crippen molar-refractivity contribution in [2.24, 2.45) is 0 Å². The summed E-state index contributed by atoms with van der Waals surface area (Å²) in [6, 6.07) is 9.47. The van der Waals surface area contributed by atoms with Crippen LogP contribution in [-0.2, 0) is 9.59 Å². The number of amides is 3. The first kappa shape index (κ1) is 21.7. The largest absolute Gasteiger partial charge is 0.490 e. The molecule has 2 aromatic rings. The first-order valence-corrected chi connectivity index (χ1v) is 9.87. The average Bonchev–Trinajstić information content (AvgIpc) is 2.95. The molecular formula is C20H19Cl2N3O5. The van der Waals surface area contributed by atoms with Crippen molar-refractivity contribution in [1.82, 2.24) is 10.6 Å². The van der Waals surface area contributed by atoms with Gasteiger partial charge in [-0.25, -0.2) is 0 Å². The van der Waals surface area contributed by atoms with E-state index >= 15 is 0 Å². The smallest absolute Gasteiger partial charge is 0.253 e. The second-order valence-corrected chi connectivity index (χ2v) is 7.19. The fraction of sp³-hybridized carbons (Fsp3) is 0.250. The number of benzene rings is 2. The molecule has 0 aromatic heterocycles. The van der Waals surface area contributed by atoms with Crippen molar-refractivity contribution in [2.75, 3.05) is 31.6 Å². The Labute approximate surface area is 182 Å². The van der Waals surface area contributed by atoms with Crippen LogP contribution in [0.25, 0.3) is 0 Å². The zero-order valence-corrected chi connectivity index (χ0v) is 17.3. The number of nitrogens with one attached hydrogen (secondary N) is 3. The van der Waals surface area contributed by atoms with E-state index in [1.165, 1.54) is 18.2 Å². The van der Waals surface area contributed by atoms with Crippen molar-refractivity contribution < 1.29 is 23.9 Å². The molecule has 0 saturated carbocycles. The van der Waals surface area contributed by atoms with Crippen LogP contribution in [-0.4, -0.2) is 44.0 Å². The molecule has 1 heterocycles. The minimum atomic E-state index is -0.526. The fourth-order valence-corrected chi connectivity index (χ4v) is 3.11. The summed E-state index contributed by atoms with van der Waals surface area (Å²) in [6.45, 7) is 0.541. The summed E-state index contributed by atoms with van der Waals surface area (Å²) in [6.07, 6.45) is 0.781. The molecule has 3 N–H and O–H groups in total. The summed E-state index contributed by atoms with van der Waals surface area (Å²) in [4.78, 5) is 36.1. The highest BCUT2D eigenvalue weighted by molar-refractivity contribution is 6.36. The monoisotopic (exact) mass is 451 g/mol. The molecule has 30 heavy (non-hydrogen) atoms. The predicted molar refractivity (Wildman–Crippen MR) is 112 cm³/mol. The molecule has 0 fully saturated rings. The molecule has 0 spiro atoms. The van der Waals surface area contributed by atoms with Crippen LogP contribution in [0.5, 0.6) is 11.5 Å². The molecule has 1 aliphatic heterocycles. The number of carbonyl (C=O) groups is 3. The number of hydrogen-bond acceptors (Lipinski definition) is 5. The molecule has 158 valence electrons. The van der Waals surface area contributed by atoms with Crippen LogP contribution in [0.15, 0.2) is 36.4 Å². The van der Waals surface area contributed by atoms with Crippen LogP contribution in [0, 0.1) is 0 Å². The summed E-state index contributed by atoms with van der Waals surface area (Å²) in [5, 5.41) is 8.10. The van der Waals surface area contributed by atoms with Gasteiger partial charge in [0.25, 0.3) is 5.91 Å². The van der Waals surface area contributed by atoms with Gasteiger partial charge in [0, 0.05) is 23.2 Å². The lowest BCUT2D eigenvalue weighted by Crippen LogP contribution is -2.40. The van der Waals surface area contributed by atoms with Crippen LogP contribution in [0.3, 0.4) is 0 Å². The van der Waals surface area contributed by atoms with E-state index in [4.69, 9.17) is 32.7 Å². The molecule has 0 saturated heterocycles. The Morgan fingerprint density at radius 3 is 2.37 bits per heavy atom. The number of hydrogen-bond donors (Lipinski definition) is 3. The quantitative estimate of drug-likeness (QED) is 0.625. The van der Waals surface area contributed by atoms with Crippen LogP contribution in [0.2, 0.25) is 10.0 Å². The molecule has 2 aromatic carbocycles. The van der Waals surface area contributed by atoms with Gasteiger partial charge in [0.1, 0.15) is 0 Å². The Hall–Kier alpha value is -2.97. The van der Waals surface area contributed by atoms with Gasteiger partial charge < -0.3 is 25.4 Å². The number of carbonyl (C=O) groups excluding carboxylic acids is 3. The van der Waals surface area contributed by atoms with E-state index in [-0.39, 0.29) is 23.7 Å². The lowest BCUT2D eigenvalue weighted by atomic mass is 10.2. The van der Waals surface area contributed by atoms with Gasteiger partial charge in [-0.05, 0) is 30.3 Å². The van der Waals surface area contributed by atoms with Gasteiger partial charge in [-0.3, -0.25) is 14.4 Å². The zero-order valence-electron chi connectivity index (χ0n) is 15.8. The maximum Gasteiger partial charge on any atom is 0.253 e. The van der Waals surface area contributed by atoms with Crippen molar-refractivity contribution in [3.05, 3.63) is 52.0 Å². The number of fused-ring (bicyclic) bond motifs is 1. The highest BCUT2D eigenvalue weighted by atomic mass is 35.5. The van der Waals surface area contributed by atoms with Gasteiger partial charge in [-0.2, -0.15) is 0 Å². The lowest BCUT2D eigenvalue weighted by molar-refractivity contribution is -0.123. The van der Waals surface area contributed by atoms with E-state index in [9.17, 15) is 14.4 Å². The Kier molecular flexibility index (Phi) is 7.37. The van der Waals surface area contributed by atoms with E-state index in [1.54, 1.807) is 18.2 Å². The third-order valence-electron chi connectivity index (χ3n) is 4.06. The predicted octanol–water partition coefficient (Wildman–Crippen LogP) is 2.64. The SMILES string of the molecule is O=C(CNC(=O)c1ccc(Cl)cc1Cl)NCC(=O)Nc1ccc2c(c1)OCCCO2. The Bertz CT molecular complexity index is 967. The summed E-state index contributed by atoms with van der Waals surface area (Å²) in [7, 11) is 0. The fourth-order valence-electron chi connectivity index (χ4n) is 2.62. The van der Waals surface area contributed by atoms with Crippen molar-refractivity contribution in [3.8, 4) is 11.5 Å². The van der Waals surface area contributed by atoms with Crippen LogP contribution >= 0.6 is 23.2 Å². The summed E-state index contributed by atoms with van der Waals surface area (Å²) in [5.41, 5.74) is 0.713. The van der Waals surface area contributed by atoms with Crippen LogP contribution < -0.4 is 25.4 Å². The third-order valence-corrected chi connectivity index (χ3v) is 4.61. The van der Waals surface area contributed by atoms with E-state index in [0.29, 0.717) is 35.4 Å². The highest BCUT2D eigenvalue weighted by Crippen LogP contribution is 2.32. The van der Waals surface area contributed by atoms with Crippen molar-refractivity contribution >= 4 is 46.6 Å². The summed E-state index contributed by atoms with van der Waals surface area (Å²) < 4.78 is 11.1. The summed E-state index contributed by atoms with van der Waals surface area (Å²) in [5.74, 6) is -0.302. The minimum Gasteiger partial charge on any atom is -0.490 e. The Morgan fingerprint density at radius 2 is 1.60 bits per heavy atom. The molecule has 3 rings (SSSR count). The standard InChI is InChI=1S/C20H19Cl2N3O5/c21-12-2-4-14(15(22)8-12)20(28)24-10-18(26)23-11-19(27)25-13-3-5-16-17(9-13)30-7-1-6-29-16/h2-5,8-9H,1,6-7,10-11H2,(H,23,26)(H,24,28)(H,25,27). The molecule has 1 aliphatic rings. The lowest BCUT2D eigenvalue weighted by Gasteiger charge is -2.11. The maximum atomic E-state index is 12.1. The van der Waals surface area contributed by atoms with Crippen LogP contribution in [0.4, 0.5) is 5.69 Å². The van der Waals surface area contributed by atoms with Gasteiger partial charge in [-0.15, -0.1) is 0 Å².